The van der Waals surface area contributed by atoms with E-state index >= 15 is 0 Å². The highest BCUT2D eigenvalue weighted by molar-refractivity contribution is 5.77. The van der Waals surface area contributed by atoms with E-state index in [1.54, 1.807) is 31.2 Å². The highest BCUT2D eigenvalue weighted by Crippen LogP contribution is 2.14. The molecule has 19 heavy (non-hydrogen) atoms. The fraction of sp³-hybridized carbons (Fsp3) is 0.385. The molecule has 1 aromatic rings. The summed E-state index contributed by atoms with van der Waals surface area (Å²) in [6, 6.07) is 6.92. The van der Waals surface area contributed by atoms with Crippen molar-refractivity contribution in [3.63, 3.8) is 0 Å². The predicted octanol–water partition coefficient (Wildman–Crippen LogP) is 0.702. The first-order valence-electron chi connectivity index (χ1n) is 5.92. The van der Waals surface area contributed by atoms with Crippen LogP contribution >= 0.6 is 0 Å². The largest absolute Gasteiger partial charge is 0.493 e. The molecule has 0 heterocycles. The molecule has 1 rings (SSSR count). The average Bonchev–Trinajstić information content (AvgIpc) is 2.36. The van der Waals surface area contributed by atoms with Crippen LogP contribution in [0.3, 0.4) is 0 Å². The normalized spacial score (nSPS) is 11.6. The fourth-order valence-corrected chi connectivity index (χ4v) is 1.23. The maximum absolute atomic E-state index is 11.3. The lowest BCUT2D eigenvalue weighted by Gasteiger charge is -2.09. The van der Waals surface area contributed by atoms with Crippen LogP contribution in [0.5, 0.6) is 5.75 Å². The zero-order valence-corrected chi connectivity index (χ0v) is 10.8. The van der Waals surface area contributed by atoms with Crippen LogP contribution < -0.4 is 16.2 Å². The van der Waals surface area contributed by atoms with Crippen molar-refractivity contribution >= 4 is 17.6 Å². The maximum atomic E-state index is 11.3. The molecule has 0 saturated heterocycles. The van der Waals surface area contributed by atoms with E-state index in [9.17, 15) is 9.59 Å². The molecule has 0 aromatic heterocycles. The molecule has 0 spiro atoms. The molecule has 6 heteroatoms. The van der Waals surface area contributed by atoms with Gasteiger partial charge < -0.3 is 20.9 Å². The summed E-state index contributed by atoms with van der Waals surface area (Å²) in [6.07, 6.45) is 0.0975. The van der Waals surface area contributed by atoms with Crippen LogP contribution in [-0.4, -0.2) is 25.1 Å². The van der Waals surface area contributed by atoms with E-state index in [0.717, 1.165) is 0 Å². The minimum atomic E-state index is -0.496. The second kappa shape index (κ2) is 7.25. The van der Waals surface area contributed by atoms with E-state index in [4.69, 9.17) is 20.9 Å². The molecule has 1 aromatic carbocycles. The van der Waals surface area contributed by atoms with Gasteiger partial charge in [0.2, 0.25) is 5.91 Å². The maximum Gasteiger partial charge on any atom is 0.309 e. The number of benzene rings is 1. The number of hydrogen-bond acceptors (Lipinski definition) is 5. The van der Waals surface area contributed by atoms with Crippen molar-refractivity contribution in [1.82, 2.24) is 0 Å². The minimum absolute atomic E-state index is 0.00749. The van der Waals surface area contributed by atoms with E-state index in [-0.39, 0.29) is 19.6 Å². The van der Waals surface area contributed by atoms with E-state index in [1.165, 1.54) is 0 Å². The van der Waals surface area contributed by atoms with Gasteiger partial charge in [-0.15, -0.1) is 0 Å². The van der Waals surface area contributed by atoms with Crippen LogP contribution in [0, 0.1) is 5.92 Å². The number of primary amides is 1. The Morgan fingerprint density at radius 1 is 1.37 bits per heavy atom. The van der Waals surface area contributed by atoms with Crippen molar-refractivity contribution in [2.45, 2.75) is 13.3 Å². The second-order valence-electron chi connectivity index (χ2n) is 4.16. The molecule has 104 valence electrons. The Labute approximate surface area is 111 Å². The number of carbonyl (C=O) groups excluding carboxylic acids is 2. The van der Waals surface area contributed by atoms with Gasteiger partial charge in [-0.3, -0.25) is 9.59 Å². The van der Waals surface area contributed by atoms with Crippen molar-refractivity contribution < 1.29 is 19.1 Å². The van der Waals surface area contributed by atoms with Gasteiger partial charge in [-0.25, -0.2) is 0 Å². The molecule has 4 N–H and O–H groups in total. The molecule has 0 aliphatic carbocycles. The van der Waals surface area contributed by atoms with Gasteiger partial charge in [-0.1, -0.05) is 13.0 Å². The Bertz CT molecular complexity index is 448. The number of esters is 1. The van der Waals surface area contributed by atoms with Crippen LogP contribution in [0.1, 0.15) is 13.3 Å². The highest BCUT2D eigenvalue weighted by atomic mass is 16.5. The van der Waals surface area contributed by atoms with Gasteiger partial charge >= 0.3 is 5.97 Å². The number of nitrogens with two attached hydrogens (primary N) is 2. The molecule has 1 atom stereocenters. The molecule has 0 fully saturated rings. The molecular formula is C13H18N2O4. The minimum Gasteiger partial charge on any atom is -0.493 e. The zero-order chi connectivity index (χ0) is 14.3. The summed E-state index contributed by atoms with van der Waals surface area (Å²) in [5, 5.41) is 0. The molecule has 0 aliphatic heterocycles. The molecule has 0 bridgehead atoms. The summed E-state index contributed by atoms with van der Waals surface area (Å²) in [6.45, 7) is 1.78. The molecule has 0 saturated carbocycles. The number of anilines is 1. The SMILES string of the molecule is CC(COC(=O)CCOc1cccc(N)c1)C(N)=O. The number of amides is 1. The summed E-state index contributed by atoms with van der Waals surface area (Å²) < 4.78 is 10.2. The highest BCUT2D eigenvalue weighted by Gasteiger charge is 2.11. The number of rotatable bonds is 7. The Balaban J connectivity index is 2.22. The molecule has 1 unspecified atom stereocenters. The van der Waals surface area contributed by atoms with Gasteiger partial charge in [0.25, 0.3) is 0 Å². The number of hydrogen-bond donors (Lipinski definition) is 2. The van der Waals surface area contributed by atoms with Crippen molar-refractivity contribution in [2.24, 2.45) is 11.7 Å². The van der Waals surface area contributed by atoms with Crippen molar-refractivity contribution in [1.29, 1.82) is 0 Å². The summed E-state index contributed by atoms with van der Waals surface area (Å²) in [4.78, 5) is 22.1. The Morgan fingerprint density at radius 2 is 2.11 bits per heavy atom. The van der Waals surface area contributed by atoms with E-state index in [2.05, 4.69) is 0 Å². The molecule has 6 nitrogen and oxygen atoms in total. The lowest BCUT2D eigenvalue weighted by Crippen LogP contribution is -2.26. The lowest BCUT2D eigenvalue weighted by molar-refractivity contribution is -0.146. The van der Waals surface area contributed by atoms with Gasteiger partial charge in [0.05, 0.1) is 18.9 Å². The second-order valence-corrected chi connectivity index (χ2v) is 4.16. The molecule has 0 radical (unpaired) electrons. The number of nitrogen functional groups attached to an aromatic ring is 1. The van der Waals surface area contributed by atoms with Gasteiger partial charge in [0, 0.05) is 11.8 Å². The van der Waals surface area contributed by atoms with Crippen LogP contribution in [0.2, 0.25) is 0 Å². The van der Waals surface area contributed by atoms with Gasteiger partial charge in [-0.05, 0) is 12.1 Å². The van der Waals surface area contributed by atoms with Gasteiger partial charge in [0.15, 0.2) is 0 Å². The summed E-state index contributed by atoms with van der Waals surface area (Å²) in [5.74, 6) is -0.821. The third-order valence-electron chi connectivity index (χ3n) is 2.41. The Kier molecular flexibility index (Phi) is 5.66. The van der Waals surface area contributed by atoms with Crippen LogP contribution in [0.15, 0.2) is 24.3 Å². The van der Waals surface area contributed by atoms with Crippen molar-refractivity contribution in [3.05, 3.63) is 24.3 Å². The first kappa shape index (κ1) is 14.8. The molecule has 0 aliphatic rings. The van der Waals surface area contributed by atoms with E-state index < -0.39 is 17.8 Å². The third-order valence-corrected chi connectivity index (χ3v) is 2.41. The number of carbonyl (C=O) groups is 2. The van der Waals surface area contributed by atoms with Gasteiger partial charge in [-0.2, -0.15) is 0 Å². The topological polar surface area (TPSA) is 105 Å². The molecule has 1 amide bonds. The molecular weight excluding hydrogens is 248 g/mol. The monoisotopic (exact) mass is 266 g/mol. The summed E-state index contributed by atoms with van der Waals surface area (Å²) >= 11 is 0. The lowest BCUT2D eigenvalue weighted by atomic mass is 10.2. The fourth-order valence-electron chi connectivity index (χ4n) is 1.23. The summed E-state index contributed by atoms with van der Waals surface area (Å²) in [7, 11) is 0. The third kappa shape index (κ3) is 5.76. The smallest absolute Gasteiger partial charge is 0.309 e. The van der Waals surface area contributed by atoms with Gasteiger partial charge in [0.1, 0.15) is 12.4 Å². The Hall–Kier alpha value is -2.24. The van der Waals surface area contributed by atoms with Crippen molar-refractivity contribution in [3.8, 4) is 5.75 Å². The first-order valence-corrected chi connectivity index (χ1v) is 5.92. The standard InChI is InChI=1S/C13H18N2O4/c1-9(13(15)17)8-19-12(16)5-6-18-11-4-2-3-10(14)7-11/h2-4,7,9H,5-6,8,14H2,1H3,(H2,15,17). The number of ether oxygens (including phenoxy) is 2. The predicted molar refractivity (Wildman–Crippen MR) is 70.3 cm³/mol. The van der Waals surface area contributed by atoms with E-state index in [1.807, 2.05) is 0 Å². The zero-order valence-electron chi connectivity index (χ0n) is 10.8. The van der Waals surface area contributed by atoms with E-state index in [0.29, 0.717) is 11.4 Å². The van der Waals surface area contributed by atoms with Crippen LogP contribution in [0.4, 0.5) is 5.69 Å². The average molecular weight is 266 g/mol. The quantitative estimate of drug-likeness (QED) is 0.558. The first-order chi connectivity index (χ1) is 8.99. The van der Waals surface area contributed by atoms with Crippen LogP contribution in [-0.2, 0) is 14.3 Å². The summed E-state index contributed by atoms with van der Waals surface area (Å²) in [5.41, 5.74) is 11.2. The van der Waals surface area contributed by atoms with Crippen LogP contribution in [0.25, 0.3) is 0 Å². The Morgan fingerprint density at radius 3 is 2.74 bits per heavy atom. The van der Waals surface area contributed by atoms with Crippen molar-refractivity contribution in [2.75, 3.05) is 18.9 Å².